The van der Waals surface area contributed by atoms with Gasteiger partial charge in [-0.25, -0.2) is 4.98 Å². The molecule has 2 N–H and O–H groups in total. The summed E-state index contributed by atoms with van der Waals surface area (Å²) in [6, 6.07) is 21.3. The van der Waals surface area contributed by atoms with Gasteiger partial charge < -0.3 is 10.0 Å². The van der Waals surface area contributed by atoms with Gasteiger partial charge in [0.1, 0.15) is 0 Å². The van der Waals surface area contributed by atoms with Gasteiger partial charge in [-0.1, -0.05) is 22.0 Å². The fraction of sp³-hybridized carbons (Fsp3) is 0. The molecule has 4 rings (SSSR count). The Morgan fingerprint density at radius 2 is 1.85 bits per heavy atom. The summed E-state index contributed by atoms with van der Waals surface area (Å²) in [5, 5.41) is 2.96. The van der Waals surface area contributed by atoms with Gasteiger partial charge in [0.25, 0.3) is 5.91 Å². The number of hydrogen-bond donors (Lipinski definition) is 2. The topological polar surface area (TPSA) is 54.0 Å². The Balaban J connectivity index is 1.43. The lowest BCUT2D eigenvalue weighted by atomic mass is 10.2. The monoisotopic (exact) mass is 455 g/mol. The van der Waals surface area contributed by atoms with Crippen LogP contribution in [0.1, 0.15) is 10.4 Å². The third-order valence-electron chi connectivity index (χ3n) is 3.82. The standard InChI is InChI=1S/C20H14BrN3OS2/c21-14-5-7-15(8-6-14)24-27-17-3-1-2-16(11-17)23-20(25)13-4-9-18-19(10-13)26-12-22-18/h1-12,24H,(H,23,25). The number of hydrogen-bond acceptors (Lipinski definition) is 5. The summed E-state index contributed by atoms with van der Waals surface area (Å²) in [6.45, 7) is 0. The van der Waals surface area contributed by atoms with Crippen molar-refractivity contribution in [3.8, 4) is 0 Å². The van der Waals surface area contributed by atoms with Crippen molar-refractivity contribution in [3.63, 3.8) is 0 Å². The van der Waals surface area contributed by atoms with Gasteiger partial charge in [-0.15, -0.1) is 11.3 Å². The van der Waals surface area contributed by atoms with Gasteiger partial charge in [-0.05, 0) is 72.6 Å². The van der Waals surface area contributed by atoms with Gasteiger partial charge in [0.15, 0.2) is 0 Å². The van der Waals surface area contributed by atoms with Crippen LogP contribution in [0.4, 0.5) is 11.4 Å². The fourth-order valence-electron chi connectivity index (χ4n) is 2.47. The average Bonchev–Trinajstić information content (AvgIpc) is 3.16. The number of benzene rings is 3. The Bertz CT molecular complexity index is 1100. The molecule has 1 heterocycles. The van der Waals surface area contributed by atoms with Gasteiger partial charge >= 0.3 is 0 Å². The zero-order chi connectivity index (χ0) is 18.6. The van der Waals surface area contributed by atoms with E-state index in [-0.39, 0.29) is 5.91 Å². The first-order chi connectivity index (χ1) is 13.2. The van der Waals surface area contributed by atoms with Crippen LogP contribution in [-0.4, -0.2) is 10.9 Å². The summed E-state index contributed by atoms with van der Waals surface area (Å²) in [7, 11) is 0. The van der Waals surface area contributed by atoms with Crippen LogP contribution in [0.15, 0.2) is 81.6 Å². The van der Waals surface area contributed by atoms with E-state index in [4.69, 9.17) is 0 Å². The van der Waals surface area contributed by atoms with E-state index < -0.39 is 0 Å². The maximum atomic E-state index is 12.5. The zero-order valence-corrected chi connectivity index (χ0v) is 17.2. The second-order valence-electron chi connectivity index (χ2n) is 5.73. The van der Waals surface area contributed by atoms with Crippen LogP contribution in [0.3, 0.4) is 0 Å². The number of anilines is 2. The first-order valence-corrected chi connectivity index (χ1v) is 10.6. The maximum Gasteiger partial charge on any atom is 0.255 e. The Morgan fingerprint density at radius 1 is 1.00 bits per heavy atom. The second-order valence-corrected chi connectivity index (χ2v) is 8.41. The molecular formula is C20H14BrN3OS2. The first-order valence-electron chi connectivity index (χ1n) is 8.10. The number of carbonyl (C=O) groups is 1. The van der Waals surface area contributed by atoms with Gasteiger partial charge in [-0.2, -0.15) is 0 Å². The Morgan fingerprint density at radius 3 is 2.70 bits per heavy atom. The summed E-state index contributed by atoms with van der Waals surface area (Å²) in [4.78, 5) is 17.8. The van der Waals surface area contributed by atoms with E-state index in [1.165, 1.54) is 23.3 Å². The lowest BCUT2D eigenvalue weighted by molar-refractivity contribution is 0.102. The summed E-state index contributed by atoms with van der Waals surface area (Å²) in [5.41, 5.74) is 5.08. The lowest BCUT2D eigenvalue weighted by Gasteiger charge is -2.09. The van der Waals surface area contributed by atoms with Gasteiger partial charge in [0.05, 0.1) is 15.7 Å². The minimum absolute atomic E-state index is 0.131. The molecule has 3 aromatic carbocycles. The molecule has 4 nitrogen and oxygen atoms in total. The van der Waals surface area contributed by atoms with Crippen molar-refractivity contribution < 1.29 is 4.79 Å². The molecule has 27 heavy (non-hydrogen) atoms. The highest BCUT2D eigenvalue weighted by atomic mass is 79.9. The molecule has 0 unspecified atom stereocenters. The number of aromatic nitrogens is 1. The average molecular weight is 456 g/mol. The Hall–Kier alpha value is -2.35. The molecule has 1 amide bonds. The van der Waals surface area contributed by atoms with Crippen LogP contribution in [0, 0.1) is 0 Å². The Kier molecular flexibility index (Phi) is 5.42. The summed E-state index contributed by atoms with van der Waals surface area (Å²) in [6.07, 6.45) is 0. The zero-order valence-electron chi connectivity index (χ0n) is 14.0. The summed E-state index contributed by atoms with van der Waals surface area (Å²) in [5.74, 6) is -0.131. The third kappa shape index (κ3) is 4.50. The highest BCUT2D eigenvalue weighted by Crippen LogP contribution is 2.25. The number of thiazole rings is 1. The number of carbonyl (C=O) groups excluding carboxylic acids is 1. The lowest BCUT2D eigenvalue weighted by Crippen LogP contribution is -2.11. The highest BCUT2D eigenvalue weighted by molar-refractivity contribution is 9.10. The van der Waals surface area contributed by atoms with Gasteiger partial charge in [0, 0.05) is 26.3 Å². The van der Waals surface area contributed by atoms with Crippen molar-refractivity contribution in [2.24, 2.45) is 0 Å². The van der Waals surface area contributed by atoms with E-state index in [0.717, 1.165) is 31.0 Å². The number of rotatable bonds is 5. The van der Waals surface area contributed by atoms with E-state index in [9.17, 15) is 4.79 Å². The van der Waals surface area contributed by atoms with E-state index in [1.54, 1.807) is 11.6 Å². The van der Waals surface area contributed by atoms with E-state index >= 15 is 0 Å². The largest absolute Gasteiger partial charge is 0.326 e. The smallest absolute Gasteiger partial charge is 0.255 e. The molecule has 0 saturated carbocycles. The van der Waals surface area contributed by atoms with Crippen LogP contribution in [0.5, 0.6) is 0 Å². The molecule has 0 aliphatic rings. The SMILES string of the molecule is O=C(Nc1cccc(SNc2ccc(Br)cc2)c1)c1ccc2ncsc2c1. The summed E-state index contributed by atoms with van der Waals surface area (Å²) < 4.78 is 5.34. The first kappa shape index (κ1) is 18.0. The third-order valence-corrected chi connectivity index (χ3v) is 5.96. The van der Waals surface area contributed by atoms with Crippen molar-refractivity contribution in [3.05, 3.63) is 82.3 Å². The van der Waals surface area contributed by atoms with Crippen molar-refractivity contribution in [2.75, 3.05) is 10.0 Å². The summed E-state index contributed by atoms with van der Waals surface area (Å²) >= 11 is 6.45. The van der Waals surface area contributed by atoms with Crippen LogP contribution in [-0.2, 0) is 0 Å². The normalized spacial score (nSPS) is 10.7. The number of amides is 1. The molecular weight excluding hydrogens is 442 g/mol. The maximum absolute atomic E-state index is 12.5. The van der Waals surface area contributed by atoms with E-state index in [2.05, 4.69) is 31.0 Å². The molecule has 0 aliphatic heterocycles. The molecule has 0 bridgehead atoms. The molecule has 4 aromatic rings. The Labute approximate surface area is 173 Å². The molecule has 0 fully saturated rings. The van der Waals surface area contributed by atoms with E-state index in [1.807, 2.05) is 60.7 Å². The molecule has 0 saturated heterocycles. The van der Waals surface area contributed by atoms with Crippen molar-refractivity contribution in [1.82, 2.24) is 4.98 Å². The minimum atomic E-state index is -0.131. The number of nitrogens with zero attached hydrogens (tertiary/aromatic N) is 1. The van der Waals surface area contributed by atoms with Crippen LogP contribution >= 0.6 is 39.2 Å². The van der Waals surface area contributed by atoms with Crippen molar-refractivity contribution >= 4 is 66.7 Å². The van der Waals surface area contributed by atoms with Crippen LogP contribution in [0.25, 0.3) is 10.2 Å². The molecule has 1 aromatic heterocycles. The molecule has 7 heteroatoms. The van der Waals surface area contributed by atoms with Crippen molar-refractivity contribution in [2.45, 2.75) is 4.90 Å². The number of halogens is 1. The number of fused-ring (bicyclic) bond motifs is 1. The molecule has 0 radical (unpaired) electrons. The van der Waals surface area contributed by atoms with Gasteiger partial charge in [0.2, 0.25) is 0 Å². The predicted molar refractivity (Wildman–Crippen MR) is 118 cm³/mol. The van der Waals surface area contributed by atoms with E-state index in [0.29, 0.717) is 5.56 Å². The van der Waals surface area contributed by atoms with Crippen LogP contribution < -0.4 is 10.0 Å². The molecule has 0 spiro atoms. The second kappa shape index (κ2) is 8.12. The van der Waals surface area contributed by atoms with Gasteiger partial charge in [-0.3, -0.25) is 4.79 Å². The quantitative estimate of drug-likeness (QED) is 0.340. The van der Waals surface area contributed by atoms with Crippen molar-refractivity contribution in [1.29, 1.82) is 0 Å². The molecule has 0 aliphatic carbocycles. The number of nitrogens with one attached hydrogen (secondary N) is 2. The predicted octanol–water partition coefficient (Wildman–Crippen LogP) is 6.43. The fourth-order valence-corrected chi connectivity index (χ4v) is 4.16. The highest BCUT2D eigenvalue weighted by Gasteiger charge is 2.08. The molecule has 0 atom stereocenters. The van der Waals surface area contributed by atoms with Crippen LogP contribution in [0.2, 0.25) is 0 Å². The minimum Gasteiger partial charge on any atom is -0.326 e. The molecule has 134 valence electrons.